The molecular weight excluding hydrogens is 178 g/mol. The largest absolute Gasteiger partial charge is 0.339 e. The third kappa shape index (κ3) is 2.19. The van der Waals surface area contributed by atoms with Crippen molar-refractivity contribution in [2.24, 2.45) is 0 Å². The van der Waals surface area contributed by atoms with Gasteiger partial charge in [-0.25, -0.2) is 0 Å². The Morgan fingerprint density at radius 2 is 1.79 bits per heavy atom. The Morgan fingerprint density at radius 1 is 1.21 bits per heavy atom. The van der Waals surface area contributed by atoms with Crippen molar-refractivity contribution in [3.63, 3.8) is 0 Å². The van der Waals surface area contributed by atoms with Gasteiger partial charge in [0, 0.05) is 19.2 Å². The first-order chi connectivity index (χ1) is 6.66. The maximum atomic E-state index is 11.6. The lowest BCUT2D eigenvalue weighted by Crippen LogP contribution is -2.32. The molecule has 0 aliphatic heterocycles. The van der Waals surface area contributed by atoms with Gasteiger partial charge >= 0.3 is 0 Å². The molecule has 0 fully saturated rings. The summed E-state index contributed by atoms with van der Waals surface area (Å²) in [6.07, 6.45) is 0. The van der Waals surface area contributed by atoms with Crippen LogP contribution in [-0.4, -0.2) is 30.2 Å². The van der Waals surface area contributed by atoms with Crippen LogP contribution in [0.15, 0.2) is 30.3 Å². The van der Waals surface area contributed by atoms with Crippen molar-refractivity contribution in [1.82, 2.24) is 4.90 Å². The number of Topliss-reactive ketones (excluding diaryl/α,β-unsaturated/α-hetero) is 1. The molecule has 0 saturated carbocycles. The lowest BCUT2D eigenvalue weighted by molar-refractivity contribution is -0.125. The van der Waals surface area contributed by atoms with Crippen molar-refractivity contribution >= 4 is 11.7 Å². The van der Waals surface area contributed by atoms with E-state index >= 15 is 0 Å². The third-order valence-electron chi connectivity index (χ3n) is 2.05. The van der Waals surface area contributed by atoms with Gasteiger partial charge in [-0.15, -0.1) is 0 Å². The molecule has 0 aliphatic rings. The van der Waals surface area contributed by atoms with E-state index in [-0.39, 0.29) is 0 Å². The summed E-state index contributed by atoms with van der Waals surface area (Å²) in [5, 5.41) is 0. The van der Waals surface area contributed by atoms with Gasteiger partial charge in [-0.3, -0.25) is 9.59 Å². The van der Waals surface area contributed by atoms with Crippen LogP contribution in [0.4, 0.5) is 0 Å². The fourth-order valence-corrected chi connectivity index (χ4v) is 1.03. The van der Waals surface area contributed by atoms with Gasteiger partial charge in [0.05, 0.1) is 0 Å². The molecule has 1 aromatic rings. The van der Waals surface area contributed by atoms with Gasteiger partial charge in [0.15, 0.2) is 0 Å². The van der Waals surface area contributed by atoms with E-state index in [9.17, 15) is 9.59 Å². The quantitative estimate of drug-likeness (QED) is 0.534. The van der Waals surface area contributed by atoms with Crippen LogP contribution in [0.1, 0.15) is 17.3 Å². The first-order valence-corrected chi connectivity index (χ1v) is 4.51. The summed E-state index contributed by atoms with van der Waals surface area (Å²) in [6.45, 7) is 2.37. The molecular formula is C11H13NO2. The number of ketones is 1. The zero-order chi connectivity index (χ0) is 10.6. The van der Waals surface area contributed by atoms with Crippen LogP contribution in [0.3, 0.4) is 0 Å². The molecule has 3 nitrogen and oxygen atoms in total. The first kappa shape index (κ1) is 10.4. The summed E-state index contributed by atoms with van der Waals surface area (Å²) in [5.74, 6) is -0.909. The maximum Gasteiger partial charge on any atom is 0.294 e. The zero-order valence-corrected chi connectivity index (χ0v) is 8.36. The number of hydrogen-bond acceptors (Lipinski definition) is 2. The Kier molecular flexibility index (Phi) is 3.40. The molecule has 0 heterocycles. The van der Waals surface area contributed by atoms with Gasteiger partial charge in [-0.05, 0) is 6.92 Å². The minimum absolute atomic E-state index is 0.442. The van der Waals surface area contributed by atoms with Gasteiger partial charge in [0.2, 0.25) is 5.78 Å². The molecule has 74 valence electrons. The molecule has 1 aromatic carbocycles. The number of carbonyl (C=O) groups excluding carboxylic acids is 2. The predicted molar refractivity (Wildman–Crippen MR) is 54.1 cm³/mol. The Balaban J connectivity index is 2.82. The van der Waals surface area contributed by atoms with Crippen molar-refractivity contribution in [3.8, 4) is 0 Å². The highest BCUT2D eigenvalue weighted by atomic mass is 16.2. The minimum Gasteiger partial charge on any atom is -0.339 e. The monoisotopic (exact) mass is 191 g/mol. The molecule has 0 N–H and O–H groups in total. The molecule has 0 aromatic heterocycles. The van der Waals surface area contributed by atoms with E-state index in [1.165, 1.54) is 4.90 Å². The fourth-order valence-electron chi connectivity index (χ4n) is 1.03. The lowest BCUT2D eigenvalue weighted by Gasteiger charge is -2.12. The zero-order valence-electron chi connectivity index (χ0n) is 8.36. The molecule has 0 bridgehead atoms. The van der Waals surface area contributed by atoms with Crippen LogP contribution in [0.5, 0.6) is 0 Å². The van der Waals surface area contributed by atoms with Crippen LogP contribution in [0, 0.1) is 0 Å². The fraction of sp³-hybridized carbons (Fsp3) is 0.273. The van der Waals surface area contributed by atoms with Crippen LogP contribution in [-0.2, 0) is 4.79 Å². The van der Waals surface area contributed by atoms with E-state index in [1.807, 2.05) is 13.0 Å². The van der Waals surface area contributed by atoms with Crippen LogP contribution in [0.2, 0.25) is 0 Å². The average molecular weight is 191 g/mol. The van der Waals surface area contributed by atoms with Crippen molar-refractivity contribution in [3.05, 3.63) is 35.9 Å². The van der Waals surface area contributed by atoms with E-state index in [4.69, 9.17) is 0 Å². The first-order valence-electron chi connectivity index (χ1n) is 4.51. The summed E-state index contributed by atoms with van der Waals surface area (Å²) in [5.41, 5.74) is 0.442. The second-order valence-electron chi connectivity index (χ2n) is 3.01. The van der Waals surface area contributed by atoms with Gasteiger partial charge < -0.3 is 4.90 Å². The summed E-state index contributed by atoms with van der Waals surface area (Å²) in [7, 11) is 1.61. The highest BCUT2D eigenvalue weighted by Crippen LogP contribution is 2.01. The number of benzene rings is 1. The molecule has 0 spiro atoms. The van der Waals surface area contributed by atoms with Crippen molar-refractivity contribution in [2.75, 3.05) is 13.6 Å². The van der Waals surface area contributed by atoms with Gasteiger partial charge in [0.25, 0.3) is 5.91 Å². The molecule has 0 atom stereocenters. The molecule has 0 aliphatic carbocycles. The normalized spacial score (nSPS) is 9.57. The summed E-state index contributed by atoms with van der Waals surface area (Å²) < 4.78 is 0. The lowest BCUT2D eigenvalue weighted by atomic mass is 10.1. The highest BCUT2D eigenvalue weighted by molar-refractivity contribution is 6.42. The van der Waals surface area contributed by atoms with E-state index in [1.54, 1.807) is 31.3 Å². The SMILES string of the molecule is CCN(C)C(=O)C(=O)c1ccccc1. The standard InChI is InChI=1S/C11H13NO2/c1-3-12(2)11(14)10(13)9-7-5-4-6-8-9/h4-8H,3H2,1-2H3. The number of amides is 1. The Hall–Kier alpha value is -1.64. The second-order valence-corrected chi connectivity index (χ2v) is 3.01. The Morgan fingerprint density at radius 3 is 2.29 bits per heavy atom. The van der Waals surface area contributed by atoms with Crippen molar-refractivity contribution < 1.29 is 9.59 Å². The summed E-state index contributed by atoms with van der Waals surface area (Å²) in [6, 6.07) is 8.58. The highest BCUT2D eigenvalue weighted by Gasteiger charge is 2.18. The van der Waals surface area contributed by atoms with Crippen molar-refractivity contribution in [2.45, 2.75) is 6.92 Å². The molecule has 0 saturated heterocycles. The molecule has 0 radical (unpaired) electrons. The molecule has 1 amide bonds. The predicted octanol–water partition coefficient (Wildman–Crippen LogP) is 1.35. The number of rotatable bonds is 3. The van der Waals surface area contributed by atoms with E-state index < -0.39 is 11.7 Å². The average Bonchev–Trinajstić information content (AvgIpc) is 2.27. The van der Waals surface area contributed by atoms with E-state index in [2.05, 4.69) is 0 Å². The van der Waals surface area contributed by atoms with E-state index in [0.717, 1.165) is 0 Å². The third-order valence-corrected chi connectivity index (χ3v) is 2.05. The summed E-state index contributed by atoms with van der Waals surface area (Å²) in [4.78, 5) is 24.4. The number of hydrogen-bond donors (Lipinski definition) is 0. The molecule has 1 rings (SSSR count). The number of carbonyl (C=O) groups is 2. The molecule has 3 heteroatoms. The van der Waals surface area contributed by atoms with E-state index in [0.29, 0.717) is 12.1 Å². The smallest absolute Gasteiger partial charge is 0.294 e. The topological polar surface area (TPSA) is 37.4 Å². The number of likely N-dealkylation sites (N-methyl/N-ethyl adjacent to an activating group) is 1. The molecule has 0 unspecified atom stereocenters. The minimum atomic E-state index is -0.460. The van der Waals surface area contributed by atoms with Crippen LogP contribution in [0.25, 0.3) is 0 Å². The van der Waals surface area contributed by atoms with Crippen molar-refractivity contribution in [1.29, 1.82) is 0 Å². The van der Waals surface area contributed by atoms with Crippen LogP contribution >= 0.6 is 0 Å². The Bertz CT molecular complexity index is 332. The van der Waals surface area contributed by atoms with Gasteiger partial charge in [-0.1, -0.05) is 30.3 Å². The van der Waals surface area contributed by atoms with Crippen LogP contribution < -0.4 is 0 Å². The van der Waals surface area contributed by atoms with Gasteiger partial charge in [0.1, 0.15) is 0 Å². The maximum absolute atomic E-state index is 11.6. The Labute approximate surface area is 83.3 Å². The summed E-state index contributed by atoms with van der Waals surface area (Å²) >= 11 is 0. The molecule has 14 heavy (non-hydrogen) atoms. The number of nitrogens with zero attached hydrogens (tertiary/aromatic N) is 1. The van der Waals surface area contributed by atoms with Gasteiger partial charge in [-0.2, -0.15) is 0 Å². The second kappa shape index (κ2) is 4.56.